The normalized spacial score (nSPS) is 13.2. The first-order chi connectivity index (χ1) is 5.85. The number of hydrogen-bond acceptors (Lipinski definition) is 2. The molecule has 0 aliphatic carbocycles. The molecule has 0 saturated carbocycles. The fraction of sp³-hybridized carbons (Fsp3) is 1.00. The van der Waals surface area contributed by atoms with Gasteiger partial charge in [0.2, 0.25) is 0 Å². The van der Waals surface area contributed by atoms with Crippen LogP contribution in [0.25, 0.3) is 0 Å². The van der Waals surface area contributed by atoms with Crippen molar-refractivity contribution < 1.29 is 4.74 Å². The maximum absolute atomic E-state index is 5.65. The van der Waals surface area contributed by atoms with E-state index in [0.717, 1.165) is 26.0 Å². The highest BCUT2D eigenvalue weighted by molar-refractivity contribution is 4.55. The molecule has 74 valence electrons. The summed E-state index contributed by atoms with van der Waals surface area (Å²) in [5.41, 5.74) is 5.38. The van der Waals surface area contributed by atoms with E-state index < -0.39 is 0 Å². The highest BCUT2D eigenvalue weighted by Crippen LogP contribution is 2.08. The van der Waals surface area contributed by atoms with Gasteiger partial charge in [0, 0.05) is 6.61 Å². The molecule has 0 bridgehead atoms. The smallest absolute Gasteiger partial charge is 0.0572 e. The highest BCUT2D eigenvalue weighted by Gasteiger charge is 2.04. The lowest BCUT2D eigenvalue weighted by Crippen LogP contribution is -2.14. The van der Waals surface area contributed by atoms with Crippen molar-refractivity contribution in [2.45, 2.75) is 52.1 Å². The van der Waals surface area contributed by atoms with E-state index in [2.05, 4.69) is 13.8 Å². The quantitative estimate of drug-likeness (QED) is 0.572. The summed E-state index contributed by atoms with van der Waals surface area (Å²) >= 11 is 0. The number of ether oxygens (including phenoxy) is 1. The van der Waals surface area contributed by atoms with Crippen molar-refractivity contribution in [2.75, 3.05) is 13.2 Å². The molecule has 0 spiro atoms. The van der Waals surface area contributed by atoms with Gasteiger partial charge < -0.3 is 10.5 Å². The van der Waals surface area contributed by atoms with Gasteiger partial charge >= 0.3 is 0 Å². The molecular weight excluding hydrogens is 150 g/mol. The van der Waals surface area contributed by atoms with Gasteiger partial charge in [-0.25, -0.2) is 0 Å². The van der Waals surface area contributed by atoms with E-state index in [1.165, 1.54) is 19.3 Å². The first kappa shape index (κ1) is 11.9. The van der Waals surface area contributed by atoms with Gasteiger partial charge in [-0.15, -0.1) is 0 Å². The summed E-state index contributed by atoms with van der Waals surface area (Å²) in [6.07, 6.45) is 6.33. The van der Waals surface area contributed by atoms with Crippen molar-refractivity contribution in [3.63, 3.8) is 0 Å². The Morgan fingerprint density at radius 2 is 2.00 bits per heavy atom. The van der Waals surface area contributed by atoms with Gasteiger partial charge in [0.05, 0.1) is 6.10 Å². The van der Waals surface area contributed by atoms with Crippen molar-refractivity contribution in [3.05, 3.63) is 0 Å². The van der Waals surface area contributed by atoms with Crippen molar-refractivity contribution in [3.8, 4) is 0 Å². The number of rotatable bonds is 8. The molecule has 0 saturated heterocycles. The summed E-state index contributed by atoms with van der Waals surface area (Å²) in [5.74, 6) is 0. The second-order valence-electron chi connectivity index (χ2n) is 3.19. The van der Waals surface area contributed by atoms with Gasteiger partial charge in [0.25, 0.3) is 0 Å². The SMILES string of the molecule is CCCCC(CC)OCCCN. The van der Waals surface area contributed by atoms with Crippen LogP contribution in [0, 0.1) is 0 Å². The molecule has 0 aromatic rings. The minimum atomic E-state index is 0.469. The fourth-order valence-electron chi connectivity index (χ4n) is 1.17. The summed E-state index contributed by atoms with van der Waals surface area (Å²) in [7, 11) is 0. The minimum absolute atomic E-state index is 0.469. The van der Waals surface area contributed by atoms with Crippen LogP contribution >= 0.6 is 0 Å². The molecule has 1 atom stereocenters. The van der Waals surface area contributed by atoms with Crippen LogP contribution in [0.5, 0.6) is 0 Å². The lowest BCUT2D eigenvalue weighted by Gasteiger charge is -2.15. The molecule has 0 aromatic heterocycles. The van der Waals surface area contributed by atoms with Crippen molar-refractivity contribution >= 4 is 0 Å². The zero-order valence-electron chi connectivity index (χ0n) is 8.51. The van der Waals surface area contributed by atoms with Gasteiger partial charge in [-0.2, -0.15) is 0 Å². The van der Waals surface area contributed by atoms with Gasteiger partial charge in [-0.3, -0.25) is 0 Å². The molecule has 2 nitrogen and oxygen atoms in total. The molecule has 0 radical (unpaired) electrons. The molecule has 0 heterocycles. The Bertz CT molecular complexity index is 85.9. The largest absolute Gasteiger partial charge is 0.378 e. The summed E-state index contributed by atoms with van der Waals surface area (Å²) in [4.78, 5) is 0. The van der Waals surface area contributed by atoms with Gasteiger partial charge in [0.15, 0.2) is 0 Å². The molecule has 0 aliphatic heterocycles. The van der Waals surface area contributed by atoms with Crippen LogP contribution in [-0.4, -0.2) is 19.3 Å². The first-order valence-electron chi connectivity index (χ1n) is 5.16. The zero-order valence-corrected chi connectivity index (χ0v) is 8.51. The molecule has 1 unspecified atom stereocenters. The Balaban J connectivity index is 3.26. The second kappa shape index (κ2) is 9.01. The third-order valence-corrected chi connectivity index (χ3v) is 2.04. The molecule has 2 N–H and O–H groups in total. The standard InChI is InChI=1S/C10H23NO/c1-3-5-7-10(4-2)12-9-6-8-11/h10H,3-9,11H2,1-2H3. The highest BCUT2D eigenvalue weighted by atomic mass is 16.5. The topological polar surface area (TPSA) is 35.2 Å². The predicted molar refractivity (Wildman–Crippen MR) is 53.2 cm³/mol. The van der Waals surface area contributed by atoms with Crippen LogP contribution in [0.3, 0.4) is 0 Å². The van der Waals surface area contributed by atoms with Gasteiger partial charge in [0.1, 0.15) is 0 Å². The maximum Gasteiger partial charge on any atom is 0.0572 e. The fourth-order valence-corrected chi connectivity index (χ4v) is 1.17. The summed E-state index contributed by atoms with van der Waals surface area (Å²) in [6.45, 7) is 5.97. The Kier molecular flexibility index (Phi) is 8.95. The lowest BCUT2D eigenvalue weighted by atomic mass is 10.1. The monoisotopic (exact) mass is 173 g/mol. The Morgan fingerprint density at radius 1 is 1.25 bits per heavy atom. The zero-order chi connectivity index (χ0) is 9.23. The second-order valence-corrected chi connectivity index (χ2v) is 3.19. The Hall–Kier alpha value is -0.0800. The van der Waals surface area contributed by atoms with Crippen molar-refractivity contribution in [1.82, 2.24) is 0 Å². The average molecular weight is 173 g/mol. The minimum Gasteiger partial charge on any atom is -0.378 e. The van der Waals surface area contributed by atoms with E-state index in [1.807, 2.05) is 0 Å². The van der Waals surface area contributed by atoms with Crippen LogP contribution in [0.15, 0.2) is 0 Å². The van der Waals surface area contributed by atoms with Crippen LogP contribution in [0.1, 0.15) is 46.0 Å². The number of unbranched alkanes of at least 4 members (excludes halogenated alkanes) is 1. The average Bonchev–Trinajstić information content (AvgIpc) is 2.11. The van der Waals surface area contributed by atoms with E-state index in [-0.39, 0.29) is 0 Å². The van der Waals surface area contributed by atoms with E-state index in [0.29, 0.717) is 6.10 Å². The molecule has 0 amide bonds. The van der Waals surface area contributed by atoms with Crippen LogP contribution in [0.2, 0.25) is 0 Å². The van der Waals surface area contributed by atoms with Crippen molar-refractivity contribution in [2.24, 2.45) is 5.73 Å². The predicted octanol–water partition coefficient (Wildman–Crippen LogP) is 2.32. The summed E-state index contributed by atoms with van der Waals surface area (Å²) in [6, 6.07) is 0. The van der Waals surface area contributed by atoms with E-state index >= 15 is 0 Å². The number of hydrogen-bond donors (Lipinski definition) is 1. The number of nitrogens with two attached hydrogens (primary N) is 1. The Labute approximate surface area is 76.5 Å². The Morgan fingerprint density at radius 3 is 2.50 bits per heavy atom. The van der Waals surface area contributed by atoms with Crippen LogP contribution in [-0.2, 0) is 4.74 Å². The van der Waals surface area contributed by atoms with E-state index in [9.17, 15) is 0 Å². The molecule has 0 aromatic carbocycles. The summed E-state index contributed by atoms with van der Waals surface area (Å²) < 4.78 is 5.65. The third-order valence-electron chi connectivity index (χ3n) is 2.04. The molecule has 2 heteroatoms. The third kappa shape index (κ3) is 6.62. The van der Waals surface area contributed by atoms with Gasteiger partial charge in [-0.1, -0.05) is 26.7 Å². The van der Waals surface area contributed by atoms with E-state index in [4.69, 9.17) is 10.5 Å². The molecular formula is C10H23NO. The molecule has 0 aliphatic rings. The lowest BCUT2D eigenvalue weighted by molar-refractivity contribution is 0.0430. The van der Waals surface area contributed by atoms with Crippen LogP contribution < -0.4 is 5.73 Å². The van der Waals surface area contributed by atoms with Crippen molar-refractivity contribution in [1.29, 1.82) is 0 Å². The molecule has 12 heavy (non-hydrogen) atoms. The van der Waals surface area contributed by atoms with Crippen LogP contribution in [0.4, 0.5) is 0 Å². The molecule has 0 rings (SSSR count). The summed E-state index contributed by atoms with van der Waals surface area (Å²) in [5, 5.41) is 0. The first-order valence-corrected chi connectivity index (χ1v) is 5.16. The molecule has 0 fully saturated rings. The van der Waals surface area contributed by atoms with E-state index in [1.54, 1.807) is 0 Å². The van der Waals surface area contributed by atoms with Gasteiger partial charge in [-0.05, 0) is 25.8 Å². The maximum atomic E-state index is 5.65.